The summed E-state index contributed by atoms with van der Waals surface area (Å²) in [4.78, 5) is 16.7. The van der Waals surface area contributed by atoms with Crippen LogP contribution in [-0.2, 0) is 18.6 Å². The van der Waals surface area contributed by atoms with E-state index >= 15 is 0 Å². The van der Waals surface area contributed by atoms with Crippen molar-refractivity contribution in [1.29, 1.82) is 0 Å². The zero-order valence-electron chi connectivity index (χ0n) is 29.4. The average molecular weight is 726 g/mol. The molecule has 0 atom stereocenters. The lowest BCUT2D eigenvalue weighted by Gasteiger charge is -2.14. The minimum Gasteiger partial charge on any atom is -0.489 e. The Labute approximate surface area is 311 Å². The first kappa shape index (κ1) is 34.9. The van der Waals surface area contributed by atoms with E-state index in [4.69, 9.17) is 9.84 Å². The van der Waals surface area contributed by atoms with Gasteiger partial charge in [0.1, 0.15) is 18.2 Å². The standard InChI is InChI=1S/C41H39N7O2S2/c1-41(2,3)36-24-38(48(46-36)30-16-12-17-31(23-30)50-27-28-13-6-5-7-14-28)43-40(49)42-25-29-15-8-10-19-34(29)52-32-21-22-37-44-45-39(47(37)26-32)33-18-9-11-20-35(33)51-4/h5-24,26H,25,27H2,1-4H3,(H2,42,43,49). The fraction of sp³-hybridized carbons (Fsp3) is 0.171. The van der Waals surface area contributed by atoms with Crippen LogP contribution in [-0.4, -0.2) is 36.7 Å². The molecule has 262 valence electrons. The molecule has 0 fully saturated rings. The molecule has 3 heterocycles. The molecule has 7 aromatic rings. The van der Waals surface area contributed by atoms with E-state index < -0.39 is 0 Å². The van der Waals surface area contributed by atoms with Gasteiger partial charge in [-0.1, -0.05) is 105 Å². The Bertz CT molecular complexity index is 2330. The van der Waals surface area contributed by atoms with Gasteiger partial charge in [-0.2, -0.15) is 5.10 Å². The zero-order chi connectivity index (χ0) is 36.1. The van der Waals surface area contributed by atoms with Crippen LogP contribution in [0.2, 0.25) is 0 Å². The number of urea groups is 1. The number of hydrogen-bond acceptors (Lipinski definition) is 7. The molecule has 0 spiro atoms. The molecule has 0 saturated heterocycles. The molecule has 0 saturated carbocycles. The number of nitrogens with zero attached hydrogens (tertiary/aromatic N) is 5. The smallest absolute Gasteiger partial charge is 0.320 e. The van der Waals surface area contributed by atoms with Gasteiger partial charge in [0, 0.05) is 50.5 Å². The lowest BCUT2D eigenvalue weighted by molar-refractivity contribution is 0.251. The molecule has 0 aliphatic rings. The van der Waals surface area contributed by atoms with E-state index in [2.05, 4.69) is 72.3 Å². The molecule has 3 aromatic heterocycles. The molecule has 52 heavy (non-hydrogen) atoms. The van der Waals surface area contributed by atoms with Crippen molar-refractivity contribution in [3.05, 3.63) is 144 Å². The van der Waals surface area contributed by atoms with Crippen LogP contribution >= 0.6 is 23.5 Å². The largest absolute Gasteiger partial charge is 0.489 e. The minimum absolute atomic E-state index is 0.232. The van der Waals surface area contributed by atoms with Crippen LogP contribution in [0.25, 0.3) is 22.7 Å². The molecule has 2 N–H and O–H groups in total. The number of benzene rings is 4. The van der Waals surface area contributed by atoms with Gasteiger partial charge >= 0.3 is 6.03 Å². The number of aromatic nitrogens is 5. The number of fused-ring (bicyclic) bond motifs is 1. The van der Waals surface area contributed by atoms with Gasteiger partial charge in [0.05, 0.1) is 11.4 Å². The van der Waals surface area contributed by atoms with E-state index in [0.717, 1.165) is 54.2 Å². The van der Waals surface area contributed by atoms with Crippen molar-refractivity contribution in [3.8, 4) is 22.8 Å². The number of ether oxygens (including phenoxy) is 1. The predicted octanol–water partition coefficient (Wildman–Crippen LogP) is 9.65. The molecule has 4 aromatic carbocycles. The fourth-order valence-corrected chi connectivity index (χ4v) is 7.20. The van der Waals surface area contributed by atoms with E-state index in [1.807, 2.05) is 108 Å². The van der Waals surface area contributed by atoms with Gasteiger partial charge in [0.15, 0.2) is 11.5 Å². The van der Waals surface area contributed by atoms with Crippen LogP contribution in [0.5, 0.6) is 5.75 Å². The van der Waals surface area contributed by atoms with Crippen LogP contribution in [0.1, 0.15) is 37.6 Å². The molecular formula is C41H39N7O2S2. The first-order chi connectivity index (χ1) is 25.2. The van der Waals surface area contributed by atoms with E-state index in [9.17, 15) is 4.79 Å². The van der Waals surface area contributed by atoms with Crippen LogP contribution in [0.3, 0.4) is 0 Å². The van der Waals surface area contributed by atoms with Crippen molar-refractivity contribution in [1.82, 2.24) is 29.7 Å². The Kier molecular flexibility index (Phi) is 10.3. The normalized spacial score (nSPS) is 11.5. The zero-order valence-corrected chi connectivity index (χ0v) is 31.0. The summed E-state index contributed by atoms with van der Waals surface area (Å²) >= 11 is 3.32. The van der Waals surface area contributed by atoms with E-state index in [1.165, 1.54) is 0 Å². The van der Waals surface area contributed by atoms with Gasteiger partial charge < -0.3 is 10.1 Å². The Morgan fingerprint density at radius 3 is 2.40 bits per heavy atom. The highest BCUT2D eigenvalue weighted by atomic mass is 32.2. The van der Waals surface area contributed by atoms with Crippen LogP contribution in [0.4, 0.5) is 10.6 Å². The number of pyridine rings is 1. The first-order valence-corrected chi connectivity index (χ1v) is 19.0. The molecule has 0 aliphatic carbocycles. The molecule has 0 aliphatic heterocycles. The summed E-state index contributed by atoms with van der Waals surface area (Å²) in [5, 5.41) is 19.9. The Balaban J connectivity index is 1.07. The summed E-state index contributed by atoms with van der Waals surface area (Å²) in [6.07, 6.45) is 4.13. The number of anilines is 1. The van der Waals surface area contributed by atoms with E-state index in [1.54, 1.807) is 28.2 Å². The van der Waals surface area contributed by atoms with E-state index in [0.29, 0.717) is 24.7 Å². The van der Waals surface area contributed by atoms with Gasteiger partial charge in [-0.3, -0.25) is 9.72 Å². The van der Waals surface area contributed by atoms with Crippen LogP contribution < -0.4 is 15.4 Å². The molecule has 2 amide bonds. The van der Waals surface area contributed by atoms with Crippen LogP contribution in [0.15, 0.2) is 142 Å². The van der Waals surface area contributed by atoms with Gasteiger partial charge in [-0.15, -0.1) is 22.0 Å². The lowest BCUT2D eigenvalue weighted by atomic mass is 9.92. The number of carbonyl (C=O) groups excluding carboxylic acids is 1. The summed E-state index contributed by atoms with van der Waals surface area (Å²) in [6, 6.07) is 39.7. The van der Waals surface area contributed by atoms with Crippen molar-refractivity contribution in [2.75, 3.05) is 11.6 Å². The lowest BCUT2D eigenvalue weighted by Crippen LogP contribution is -2.29. The summed E-state index contributed by atoms with van der Waals surface area (Å²) in [5.74, 6) is 2.07. The average Bonchev–Trinajstić information content (AvgIpc) is 3.79. The SMILES string of the molecule is CSc1ccccc1-c1nnc2ccc(Sc3ccccc3CNC(=O)Nc3cc(C(C)(C)C)nn3-c3cccc(OCc4ccccc4)c3)cn12. The molecule has 0 unspecified atom stereocenters. The summed E-state index contributed by atoms with van der Waals surface area (Å²) < 4.78 is 9.88. The molecular weight excluding hydrogens is 687 g/mol. The minimum atomic E-state index is -0.332. The number of amides is 2. The monoisotopic (exact) mass is 725 g/mol. The topological polar surface area (TPSA) is 98.4 Å². The van der Waals surface area contributed by atoms with E-state index in [-0.39, 0.29) is 11.4 Å². The Hall–Kier alpha value is -5.52. The van der Waals surface area contributed by atoms with Crippen molar-refractivity contribution in [3.63, 3.8) is 0 Å². The highest BCUT2D eigenvalue weighted by Crippen LogP contribution is 2.34. The second-order valence-electron chi connectivity index (χ2n) is 13.2. The number of thioether (sulfide) groups is 1. The van der Waals surface area contributed by atoms with Crippen molar-refractivity contribution in [2.24, 2.45) is 0 Å². The van der Waals surface area contributed by atoms with Gasteiger partial charge in [-0.25, -0.2) is 9.48 Å². The molecule has 0 bridgehead atoms. The number of rotatable bonds is 11. The third-order valence-electron chi connectivity index (χ3n) is 8.39. The second-order valence-corrected chi connectivity index (χ2v) is 15.1. The van der Waals surface area contributed by atoms with Gasteiger partial charge in [0.2, 0.25) is 0 Å². The predicted molar refractivity (Wildman–Crippen MR) is 210 cm³/mol. The third-order valence-corrected chi connectivity index (χ3v) is 10.3. The van der Waals surface area contributed by atoms with Crippen molar-refractivity contribution in [2.45, 2.75) is 54.0 Å². The van der Waals surface area contributed by atoms with Crippen molar-refractivity contribution >= 4 is 41.0 Å². The third kappa shape index (κ3) is 8.01. The van der Waals surface area contributed by atoms with Gasteiger partial charge in [-0.05, 0) is 53.8 Å². The quantitative estimate of drug-likeness (QED) is 0.128. The molecule has 7 rings (SSSR count). The van der Waals surface area contributed by atoms with Crippen molar-refractivity contribution < 1.29 is 9.53 Å². The molecule has 0 radical (unpaired) electrons. The highest BCUT2D eigenvalue weighted by molar-refractivity contribution is 7.99. The number of hydrogen-bond donors (Lipinski definition) is 2. The summed E-state index contributed by atoms with van der Waals surface area (Å²) in [5.41, 5.74) is 5.30. The maximum Gasteiger partial charge on any atom is 0.320 e. The van der Waals surface area contributed by atoms with Crippen LogP contribution in [0, 0.1) is 0 Å². The fourth-order valence-electron chi connectivity index (χ4n) is 5.64. The Morgan fingerprint density at radius 2 is 1.60 bits per heavy atom. The first-order valence-electron chi connectivity index (χ1n) is 16.9. The number of carbonyl (C=O) groups is 1. The number of nitrogens with one attached hydrogen (secondary N) is 2. The highest BCUT2D eigenvalue weighted by Gasteiger charge is 2.22. The maximum absolute atomic E-state index is 13.5. The summed E-state index contributed by atoms with van der Waals surface area (Å²) in [6.45, 7) is 7.08. The second kappa shape index (κ2) is 15.4. The maximum atomic E-state index is 13.5. The molecule has 11 heteroatoms. The summed E-state index contributed by atoms with van der Waals surface area (Å²) in [7, 11) is 0. The Morgan fingerprint density at radius 1 is 0.827 bits per heavy atom. The molecule has 9 nitrogen and oxygen atoms in total. The van der Waals surface area contributed by atoms with Gasteiger partial charge in [0.25, 0.3) is 0 Å².